The summed E-state index contributed by atoms with van der Waals surface area (Å²) in [6, 6.07) is 11.7. The molecule has 0 aliphatic heterocycles. The van der Waals surface area contributed by atoms with Crippen molar-refractivity contribution in [2.45, 2.75) is 18.9 Å². The lowest BCUT2D eigenvalue weighted by Gasteiger charge is -2.10. The Hall–Kier alpha value is -2.18. The number of carbonyl (C=O) groups is 2. The quantitative estimate of drug-likeness (QED) is 0.533. The molecule has 0 radical (unpaired) electrons. The molecule has 122 valence electrons. The minimum Gasteiger partial charge on any atom is -0.387 e. The van der Waals surface area contributed by atoms with Crippen molar-refractivity contribution in [3.63, 3.8) is 0 Å². The lowest BCUT2D eigenvalue weighted by Crippen LogP contribution is -2.41. The zero-order chi connectivity index (χ0) is 16.5. The van der Waals surface area contributed by atoms with E-state index in [-0.39, 0.29) is 6.54 Å². The summed E-state index contributed by atoms with van der Waals surface area (Å²) in [5.41, 5.74) is 1.93. The molecule has 3 N–H and O–H groups in total. The number of thiophene rings is 1. The first kappa shape index (κ1) is 17.2. The van der Waals surface area contributed by atoms with Gasteiger partial charge in [0.25, 0.3) is 0 Å². The Labute approximate surface area is 139 Å². The highest BCUT2D eigenvalue weighted by molar-refractivity contribution is 7.07. The second-order valence-electron chi connectivity index (χ2n) is 5.13. The second kappa shape index (κ2) is 9.07. The van der Waals surface area contributed by atoms with Crippen molar-refractivity contribution in [2.24, 2.45) is 0 Å². The molecule has 1 unspecified atom stereocenters. The van der Waals surface area contributed by atoms with Crippen LogP contribution in [0.5, 0.6) is 0 Å². The molecule has 0 saturated carbocycles. The Balaban J connectivity index is 1.62. The Morgan fingerprint density at radius 1 is 1.09 bits per heavy atom. The van der Waals surface area contributed by atoms with Crippen molar-refractivity contribution in [3.05, 3.63) is 58.3 Å². The average Bonchev–Trinajstić information content (AvgIpc) is 3.11. The Kier molecular flexibility index (Phi) is 6.77. The van der Waals surface area contributed by atoms with Crippen LogP contribution in [-0.2, 0) is 16.0 Å². The number of nitrogens with one attached hydrogen (secondary N) is 2. The summed E-state index contributed by atoms with van der Waals surface area (Å²) in [6.45, 7) is 0.460. The van der Waals surface area contributed by atoms with Crippen LogP contribution in [0.4, 0.5) is 0 Å². The van der Waals surface area contributed by atoms with E-state index in [1.807, 2.05) is 35.7 Å². The summed E-state index contributed by atoms with van der Waals surface area (Å²) in [4.78, 5) is 23.3. The lowest BCUT2D eigenvalue weighted by molar-refractivity contribution is -0.139. The summed E-state index contributed by atoms with van der Waals surface area (Å²) in [5.74, 6) is -1.39. The first-order valence-corrected chi connectivity index (χ1v) is 8.41. The van der Waals surface area contributed by atoms with Gasteiger partial charge in [-0.05, 0) is 40.8 Å². The maximum Gasteiger partial charge on any atom is 0.309 e. The standard InChI is InChI=1S/C17H20N2O3S/c20-15(14-8-10-23-12-14)11-19-17(22)16(21)18-9-4-7-13-5-2-1-3-6-13/h1-3,5-6,8,10,12,15,20H,4,7,9,11H2,(H,18,21)(H,19,22). The van der Waals surface area contributed by atoms with Gasteiger partial charge in [-0.3, -0.25) is 9.59 Å². The molecule has 1 heterocycles. The molecule has 1 aromatic carbocycles. The molecule has 0 spiro atoms. The van der Waals surface area contributed by atoms with Crippen molar-refractivity contribution < 1.29 is 14.7 Å². The van der Waals surface area contributed by atoms with Crippen LogP contribution in [0.1, 0.15) is 23.7 Å². The van der Waals surface area contributed by atoms with Gasteiger partial charge in [-0.15, -0.1) is 0 Å². The summed E-state index contributed by atoms with van der Waals surface area (Å²) in [7, 11) is 0. The molecule has 2 rings (SSSR count). The molecule has 0 saturated heterocycles. The minimum absolute atomic E-state index is 0.0208. The number of carbonyl (C=O) groups excluding carboxylic acids is 2. The number of aryl methyl sites for hydroxylation is 1. The molecule has 6 heteroatoms. The van der Waals surface area contributed by atoms with Crippen molar-refractivity contribution in [2.75, 3.05) is 13.1 Å². The van der Waals surface area contributed by atoms with E-state index in [4.69, 9.17) is 0 Å². The summed E-state index contributed by atoms with van der Waals surface area (Å²) >= 11 is 1.47. The van der Waals surface area contributed by atoms with Gasteiger partial charge in [0.05, 0.1) is 6.10 Å². The third-order valence-electron chi connectivity index (χ3n) is 3.36. The molecule has 0 aliphatic rings. The van der Waals surface area contributed by atoms with Crippen LogP contribution in [-0.4, -0.2) is 30.0 Å². The Bertz CT molecular complexity index is 614. The maximum absolute atomic E-state index is 11.7. The fraction of sp³-hybridized carbons (Fsp3) is 0.294. The third kappa shape index (κ3) is 5.84. The van der Waals surface area contributed by atoms with Crippen LogP contribution < -0.4 is 10.6 Å². The molecular weight excluding hydrogens is 312 g/mol. The van der Waals surface area contributed by atoms with E-state index >= 15 is 0 Å². The van der Waals surface area contributed by atoms with Gasteiger partial charge in [-0.1, -0.05) is 30.3 Å². The van der Waals surface area contributed by atoms with Crippen molar-refractivity contribution in [1.82, 2.24) is 10.6 Å². The van der Waals surface area contributed by atoms with Gasteiger partial charge in [0.1, 0.15) is 0 Å². The van der Waals surface area contributed by atoms with Gasteiger partial charge in [-0.25, -0.2) is 0 Å². The molecule has 1 atom stereocenters. The minimum atomic E-state index is -0.795. The predicted octanol–water partition coefficient (Wildman–Crippen LogP) is 1.65. The van der Waals surface area contributed by atoms with Crippen molar-refractivity contribution >= 4 is 23.2 Å². The molecule has 2 aromatic rings. The topological polar surface area (TPSA) is 78.4 Å². The zero-order valence-corrected chi connectivity index (χ0v) is 13.5. The Morgan fingerprint density at radius 3 is 2.52 bits per heavy atom. The van der Waals surface area contributed by atoms with Gasteiger partial charge >= 0.3 is 11.8 Å². The molecular formula is C17H20N2O3S. The summed E-state index contributed by atoms with van der Waals surface area (Å²) in [5, 5.41) is 18.5. The molecule has 0 bridgehead atoms. The second-order valence-corrected chi connectivity index (χ2v) is 5.91. The van der Waals surface area contributed by atoms with Crippen LogP contribution in [0, 0.1) is 0 Å². The summed E-state index contributed by atoms with van der Waals surface area (Å²) < 4.78 is 0. The van der Waals surface area contributed by atoms with Gasteiger partial charge < -0.3 is 15.7 Å². The SMILES string of the molecule is O=C(NCCCc1ccccc1)C(=O)NCC(O)c1ccsc1. The van der Waals surface area contributed by atoms with Crippen molar-refractivity contribution in [3.8, 4) is 0 Å². The van der Waals surface area contributed by atoms with Crippen LogP contribution in [0.25, 0.3) is 0 Å². The van der Waals surface area contributed by atoms with E-state index in [1.54, 1.807) is 11.4 Å². The van der Waals surface area contributed by atoms with Gasteiger partial charge in [-0.2, -0.15) is 11.3 Å². The van der Waals surface area contributed by atoms with Gasteiger partial charge in [0.15, 0.2) is 0 Å². The van der Waals surface area contributed by atoms with E-state index in [1.165, 1.54) is 16.9 Å². The normalized spacial score (nSPS) is 11.7. The largest absolute Gasteiger partial charge is 0.387 e. The number of aliphatic hydroxyl groups excluding tert-OH is 1. The molecule has 1 aromatic heterocycles. The zero-order valence-electron chi connectivity index (χ0n) is 12.7. The van der Waals surface area contributed by atoms with E-state index in [2.05, 4.69) is 10.6 Å². The number of aliphatic hydroxyl groups is 1. The first-order chi connectivity index (χ1) is 11.2. The maximum atomic E-state index is 11.7. The molecule has 5 nitrogen and oxygen atoms in total. The summed E-state index contributed by atoms with van der Waals surface area (Å²) in [6.07, 6.45) is 0.816. The van der Waals surface area contributed by atoms with Crippen LogP contribution in [0.15, 0.2) is 47.2 Å². The molecule has 2 amide bonds. The highest BCUT2D eigenvalue weighted by Crippen LogP contribution is 2.14. The third-order valence-corrected chi connectivity index (χ3v) is 4.06. The molecule has 23 heavy (non-hydrogen) atoms. The monoisotopic (exact) mass is 332 g/mol. The molecule has 0 fully saturated rings. The number of hydrogen-bond donors (Lipinski definition) is 3. The van der Waals surface area contributed by atoms with E-state index in [0.717, 1.165) is 18.4 Å². The fourth-order valence-corrected chi connectivity index (χ4v) is 2.78. The average molecular weight is 332 g/mol. The van der Waals surface area contributed by atoms with E-state index in [9.17, 15) is 14.7 Å². The first-order valence-electron chi connectivity index (χ1n) is 7.47. The van der Waals surface area contributed by atoms with Gasteiger partial charge in [0, 0.05) is 13.1 Å². The number of rotatable bonds is 7. The number of amides is 2. The van der Waals surface area contributed by atoms with Crippen LogP contribution >= 0.6 is 11.3 Å². The van der Waals surface area contributed by atoms with E-state index < -0.39 is 17.9 Å². The Morgan fingerprint density at radius 2 is 1.83 bits per heavy atom. The smallest absolute Gasteiger partial charge is 0.309 e. The van der Waals surface area contributed by atoms with Crippen molar-refractivity contribution in [1.29, 1.82) is 0 Å². The van der Waals surface area contributed by atoms with Crippen LogP contribution in [0.2, 0.25) is 0 Å². The van der Waals surface area contributed by atoms with Gasteiger partial charge in [0.2, 0.25) is 0 Å². The predicted molar refractivity (Wildman–Crippen MR) is 90.1 cm³/mol. The lowest BCUT2D eigenvalue weighted by atomic mass is 10.1. The van der Waals surface area contributed by atoms with E-state index in [0.29, 0.717) is 6.54 Å². The fourth-order valence-electron chi connectivity index (χ4n) is 2.07. The number of hydrogen-bond acceptors (Lipinski definition) is 4. The highest BCUT2D eigenvalue weighted by atomic mass is 32.1. The highest BCUT2D eigenvalue weighted by Gasteiger charge is 2.15. The van der Waals surface area contributed by atoms with Crippen LogP contribution in [0.3, 0.4) is 0 Å². The number of benzene rings is 1. The molecule has 0 aliphatic carbocycles.